The van der Waals surface area contributed by atoms with Crippen molar-refractivity contribution in [2.45, 2.75) is 32.6 Å². The van der Waals surface area contributed by atoms with Crippen molar-refractivity contribution in [2.75, 3.05) is 52.9 Å². The summed E-state index contributed by atoms with van der Waals surface area (Å²) in [6.07, 6.45) is 5.80. The van der Waals surface area contributed by atoms with E-state index in [4.69, 9.17) is 0 Å². The Labute approximate surface area is 113 Å². The van der Waals surface area contributed by atoms with Crippen LogP contribution in [0.2, 0.25) is 0 Å². The molecule has 1 aliphatic heterocycles. The molecule has 1 heterocycles. The molecule has 1 saturated carbocycles. The number of rotatable bonds is 5. The molecule has 0 radical (unpaired) electrons. The second kappa shape index (κ2) is 7.46. The van der Waals surface area contributed by atoms with Crippen LogP contribution in [0.4, 0.5) is 0 Å². The average molecular weight is 253 g/mol. The van der Waals surface area contributed by atoms with Crippen molar-refractivity contribution in [3.8, 4) is 0 Å². The van der Waals surface area contributed by atoms with Gasteiger partial charge in [0.05, 0.1) is 0 Å². The Bertz CT molecular complexity index is 224. The summed E-state index contributed by atoms with van der Waals surface area (Å²) in [5, 5.41) is 3.68. The fourth-order valence-corrected chi connectivity index (χ4v) is 3.36. The van der Waals surface area contributed by atoms with Gasteiger partial charge in [0.2, 0.25) is 0 Å². The lowest BCUT2D eigenvalue weighted by Crippen LogP contribution is -2.46. The highest BCUT2D eigenvalue weighted by Gasteiger charge is 2.18. The maximum absolute atomic E-state index is 3.68. The second-order valence-corrected chi connectivity index (χ2v) is 6.49. The van der Waals surface area contributed by atoms with E-state index in [9.17, 15) is 0 Å². The van der Waals surface area contributed by atoms with E-state index in [0.717, 1.165) is 11.8 Å². The van der Waals surface area contributed by atoms with Crippen LogP contribution in [0.3, 0.4) is 0 Å². The van der Waals surface area contributed by atoms with E-state index in [0.29, 0.717) is 0 Å². The Hall–Kier alpha value is -0.120. The first-order valence-electron chi connectivity index (χ1n) is 7.85. The molecule has 2 atom stereocenters. The summed E-state index contributed by atoms with van der Waals surface area (Å²) in [7, 11) is 2.22. The van der Waals surface area contributed by atoms with E-state index in [-0.39, 0.29) is 0 Å². The monoisotopic (exact) mass is 253 g/mol. The third-order valence-electron chi connectivity index (χ3n) is 4.68. The number of piperazine rings is 1. The molecule has 2 aliphatic rings. The largest absolute Gasteiger partial charge is 0.315 e. The molecule has 2 rings (SSSR count). The van der Waals surface area contributed by atoms with Crippen LogP contribution < -0.4 is 5.32 Å². The highest BCUT2D eigenvalue weighted by atomic mass is 15.2. The lowest BCUT2D eigenvalue weighted by Gasteiger charge is -2.32. The van der Waals surface area contributed by atoms with Crippen LogP contribution in [0.5, 0.6) is 0 Å². The zero-order valence-electron chi connectivity index (χ0n) is 12.3. The summed E-state index contributed by atoms with van der Waals surface area (Å²) in [6, 6.07) is 0. The van der Waals surface area contributed by atoms with Crippen LogP contribution in [0.25, 0.3) is 0 Å². The molecule has 3 nitrogen and oxygen atoms in total. The maximum Gasteiger partial charge on any atom is 0.0110 e. The summed E-state index contributed by atoms with van der Waals surface area (Å²) < 4.78 is 0. The van der Waals surface area contributed by atoms with Crippen molar-refractivity contribution in [1.82, 2.24) is 15.1 Å². The van der Waals surface area contributed by atoms with Crippen LogP contribution in [-0.4, -0.2) is 62.7 Å². The number of hydrogen-bond acceptors (Lipinski definition) is 3. The van der Waals surface area contributed by atoms with Crippen molar-refractivity contribution in [1.29, 1.82) is 0 Å². The number of likely N-dealkylation sites (N-methyl/N-ethyl adjacent to an activating group) is 1. The summed E-state index contributed by atoms with van der Waals surface area (Å²) >= 11 is 0. The average Bonchev–Trinajstić information content (AvgIpc) is 2.37. The van der Waals surface area contributed by atoms with Gasteiger partial charge < -0.3 is 10.2 Å². The minimum absolute atomic E-state index is 0.946. The molecule has 0 aromatic rings. The summed E-state index contributed by atoms with van der Waals surface area (Å²) in [5.41, 5.74) is 0. The maximum atomic E-state index is 3.68. The second-order valence-electron chi connectivity index (χ2n) is 6.49. The van der Waals surface area contributed by atoms with E-state index in [1.165, 1.54) is 71.5 Å². The number of hydrogen-bond donors (Lipinski definition) is 1. The Morgan fingerprint density at radius 2 is 1.89 bits per heavy atom. The van der Waals surface area contributed by atoms with Crippen LogP contribution in [0, 0.1) is 11.8 Å². The Morgan fingerprint density at radius 1 is 1.11 bits per heavy atom. The molecule has 0 aromatic heterocycles. The van der Waals surface area contributed by atoms with Gasteiger partial charge in [0.1, 0.15) is 0 Å². The lowest BCUT2D eigenvalue weighted by atomic mass is 9.82. The Kier molecular flexibility index (Phi) is 5.93. The van der Waals surface area contributed by atoms with Crippen LogP contribution in [0.15, 0.2) is 0 Å². The van der Waals surface area contributed by atoms with Gasteiger partial charge in [-0.2, -0.15) is 0 Å². The van der Waals surface area contributed by atoms with E-state index in [1.807, 2.05) is 0 Å². The topological polar surface area (TPSA) is 18.5 Å². The molecule has 1 N–H and O–H groups in total. The van der Waals surface area contributed by atoms with E-state index in [2.05, 4.69) is 29.1 Å². The molecule has 0 aromatic carbocycles. The fourth-order valence-electron chi connectivity index (χ4n) is 3.36. The summed E-state index contributed by atoms with van der Waals surface area (Å²) in [4.78, 5) is 5.02. The van der Waals surface area contributed by atoms with Crippen molar-refractivity contribution >= 4 is 0 Å². The summed E-state index contributed by atoms with van der Waals surface area (Å²) in [6.45, 7) is 11.0. The molecule has 1 aliphatic carbocycles. The minimum atomic E-state index is 0.946. The number of nitrogens with one attached hydrogen (secondary N) is 1. The van der Waals surface area contributed by atoms with Crippen molar-refractivity contribution in [3.05, 3.63) is 0 Å². The molecule has 0 bridgehead atoms. The van der Waals surface area contributed by atoms with Gasteiger partial charge in [-0.1, -0.05) is 19.8 Å². The van der Waals surface area contributed by atoms with Gasteiger partial charge in [-0.25, -0.2) is 0 Å². The zero-order chi connectivity index (χ0) is 12.8. The van der Waals surface area contributed by atoms with Gasteiger partial charge in [-0.3, -0.25) is 4.90 Å². The van der Waals surface area contributed by atoms with Gasteiger partial charge in [0.15, 0.2) is 0 Å². The molecule has 0 spiro atoms. The van der Waals surface area contributed by atoms with Crippen molar-refractivity contribution in [3.63, 3.8) is 0 Å². The van der Waals surface area contributed by atoms with Crippen LogP contribution in [0.1, 0.15) is 32.6 Å². The van der Waals surface area contributed by atoms with Gasteiger partial charge in [0, 0.05) is 39.3 Å². The first-order chi connectivity index (χ1) is 8.74. The Morgan fingerprint density at radius 3 is 2.61 bits per heavy atom. The molecule has 106 valence electrons. The molecule has 3 heteroatoms. The van der Waals surface area contributed by atoms with Crippen LogP contribution in [-0.2, 0) is 0 Å². The molecule has 2 fully saturated rings. The fraction of sp³-hybridized carbons (Fsp3) is 1.00. The molecule has 1 saturated heterocycles. The van der Waals surface area contributed by atoms with E-state index in [1.54, 1.807) is 0 Å². The first-order valence-corrected chi connectivity index (χ1v) is 7.85. The quantitative estimate of drug-likeness (QED) is 0.752. The van der Waals surface area contributed by atoms with E-state index >= 15 is 0 Å². The SMILES string of the molecule is CC1CCCC(CNCCN2CCN(C)CC2)C1. The first kappa shape index (κ1) is 14.3. The zero-order valence-corrected chi connectivity index (χ0v) is 12.3. The smallest absolute Gasteiger partial charge is 0.0110 e. The highest BCUT2D eigenvalue weighted by molar-refractivity contribution is 4.73. The van der Waals surface area contributed by atoms with Crippen LogP contribution >= 0.6 is 0 Å². The third-order valence-corrected chi connectivity index (χ3v) is 4.68. The van der Waals surface area contributed by atoms with Gasteiger partial charge in [-0.15, -0.1) is 0 Å². The predicted molar refractivity (Wildman–Crippen MR) is 77.9 cm³/mol. The lowest BCUT2D eigenvalue weighted by molar-refractivity contribution is 0.153. The number of nitrogens with zero attached hydrogens (tertiary/aromatic N) is 2. The standard InChI is InChI=1S/C15H31N3/c1-14-4-3-5-15(12-14)13-16-6-7-18-10-8-17(2)9-11-18/h14-16H,3-13H2,1-2H3. The molecular formula is C15H31N3. The molecule has 0 amide bonds. The molecular weight excluding hydrogens is 222 g/mol. The van der Waals surface area contributed by atoms with Gasteiger partial charge >= 0.3 is 0 Å². The van der Waals surface area contributed by atoms with Crippen molar-refractivity contribution < 1.29 is 0 Å². The molecule has 2 unspecified atom stereocenters. The predicted octanol–water partition coefficient (Wildman–Crippen LogP) is 1.65. The van der Waals surface area contributed by atoms with Crippen molar-refractivity contribution in [2.24, 2.45) is 11.8 Å². The molecule has 18 heavy (non-hydrogen) atoms. The van der Waals surface area contributed by atoms with E-state index < -0.39 is 0 Å². The Balaban J connectivity index is 1.50. The third kappa shape index (κ3) is 4.87. The van der Waals surface area contributed by atoms with Gasteiger partial charge in [0.25, 0.3) is 0 Å². The normalized spacial score (nSPS) is 31.7. The summed E-state index contributed by atoms with van der Waals surface area (Å²) in [5.74, 6) is 1.91. The van der Waals surface area contributed by atoms with Gasteiger partial charge in [-0.05, 0) is 38.3 Å². The highest BCUT2D eigenvalue weighted by Crippen LogP contribution is 2.27. The minimum Gasteiger partial charge on any atom is -0.315 e.